The number of carbonyl (C=O) groups is 1. The van der Waals surface area contributed by atoms with Gasteiger partial charge in [0.15, 0.2) is 11.6 Å². The summed E-state index contributed by atoms with van der Waals surface area (Å²) in [5.74, 6) is -3.30. The van der Waals surface area contributed by atoms with Crippen molar-refractivity contribution in [3.8, 4) is 0 Å². The minimum absolute atomic E-state index is 0.167. The Hall–Kier alpha value is -1.65. The van der Waals surface area contributed by atoms with Crippen molar-refractivity contribution in [1.82, 2.24) is 0 Å². The van der Waals surface area contributed by atoms with Crippen LogP contribution in [0.15, 0.2) is 12.1 Å². The monoisotopic (exact) mass is 269 g/mol. The molecule has 1 saturated heterocycles. The Labute approximate surface area is 110 Å². The van der Waals surface area contributed by atoms with Gasteiger partial charge in [-0.1, -0.05) is 13.3 Å². The van der Waals surface area contributed by atoms with Crippen LogP contribution in [0.3, 0.4) is 0 Å². The summed E-state index contributed by atoms with van der Waals surface area (Å²) >= 11 is 0. The number of piperidine rings is 1. The minimum Gasteiger partial charge on any atom is -0.478 e. The van der Waals surface area contributed by atoms with Gasteiger partial charge in [-0.05, 0) is 30.9 Å². The molecule has 1 atom stereocenters. The average Bonchev–Trinajstić information content (AvgIpc) is 2.41. The van der Waals surface area contributed by atoms with E-state index in [0.717, 1.165) is 25.3 Å². The smallest absolute Gasteiger partial charge is 0.338 e. The standard InChI is InChI=1S/C14H17F2NO2/c1-2-9-4-3-7-17(8-9)11-6-5-10(14(18)19)12(15)13(11)16/h5-6,9H,2-4,7-8H2,1H3,(H,18,19). The quantitative estimate of drug-likeness (QED) is 0.915. The molecule has 1 aromatic rings. The maximum atomic E-state index is 14.0. The fourth-order valence-electron chi connectivity index (χ4n) is 2.57. The maximum Gasteiger partial charge on any atom is 0.338 e. The summed E-state index contributed by atoms with van der Waals surface area (Å²) in [4.78, 5) is 12.5. The number of carboxylic acid groups (broad SMARTS) is 1. The summed E-state index contributed by atoms with van der Waals surface area (Å²) in [7, 11) is 0. The molecule has 1 unspecified atom stereocenters. The van der Waals surface area contributed by atoms with Crippen LogP contribution in [0.4, 0.5) is 14.5 Å². The van der Waals surface area contributed by atoms with Crippen LogP contribution in [0.1, 0.15) is 36.5 Å². The highest BCUT2D eigenvalue weighted by atomic mass is 19.2. The molecule has 0 radical (unpaired) electrons. The Morgan fingerprint density at radius 2 is 2.16 bits per heavy atom. The van der Waals surface area contributed by atoms with E-state index in [1.165, 1.54) is 6.07 Å². The van der Waals surface area contributed by atoms with Crippen LogP contribution in [-0.2, 0) is 0 Å². The van der Waals surface area contributed by atoms with Crippen molar-refractivity contribution in [2.75, 3.05) is 18.0 Å². The number of hydrogen-bond acceptors (Lipinski definition) is 2. The zero-order valence-corrected chi connectivity index (χ0v) is 10.8. The number of anilines is 1. The largest absolute Gasteiger partial charge is 0.478 e. The third kappa shape index (κ3) is 2.69. The molecule has 1 aromatic carbocycles. The van der Waals surface area contributed by atoms with Crippen molar-refractivity contribution in [3.05, 3.63) is 29.3 Å². The van der Waals surface area contributed by atoms with Crippen molar-refractivity contribution < 1.29 is 18.7 Å². The summed E-state index contributed by atoms with van der Waals surface area (Å²) < 4.78 is 27.6. The van der Waals surface area contributed by atoms with Gasteiger partial charge >= 0.3 is 5.97 Å². The first-order chi connectivity index (χ1) is 9.04. The Balaban J connectivity index is 2.30. The summed E-state index contributed by atoms with van der Waals surface area (Å²) in [6.45, 7) is 3.46. The number of benzene rings is 1. The van der Waals surface area contributed by atoms with Crippen LogP contribution < -0.4 is 4.90 Å². The van der Waals surface area contributed by atoms with Crippen molar-refractivity contribution in [1.29, 1.82) is 0 Å². The fourth-order valence-corrected chi connectivity index (χ4v) is 2.57. The van der Waals surface area contributed by atoms with Crippen molar-refractivity contribution >= 4 is 11.7 Å². The number of nitrogens with zero attached hydrogens (tertiary/aromatic N) is 1. The Bertz CT molecular complexity index is 491. The van der Waals surface area contributed by atoms with E-state index < -0.39 is 23.2 Å². The number of aromatic carboxylic acids is 1. The molecule has 1 N–H and O–H groups in total. The SMILES string of the molecule is CCC1CCCN(c2ccc(C(=O)O)c(F)c2F)C1. The van der Waals surface area contributed by atoms with Crippen LogP contribution in [0.5, 0.6) is 0 Å². The zero-order chi connectivity index (χ0) is 14.0. The lowest BCUT2D eigenvalue weighted by Crippen LogP contribution is -2.36. The van der Waals surface area contributed by atoms with Crippen molar-refractivity contribution in [3.63, 3.8) is 0 Å². The van der Waals surface area contributed by atoms with Crippen LogP contribution in [0.25, 0.3) is 0 Å². The van der Waals surface area contributed by atoms with Gasteiger partial charge in [0.05, 0.1) is 11.3 Å². The van der Waals surface area contributed by atoms with E-state index >= 15 is 0 Å². The van der Waals surface area contributed by atoms with E-state index in [-0.39, 0.29) is 5.69 Å². The molecule has 3 nitrogen and oxygen atoms in total. The van der Waals surface area contributed by atoms with Gasteiger partial charge in [0, 0.05) is 13.1 Å². The first-order valence-electron chi connectivity index (χ1n) is 6.50. The van der Waals surface area contributed by atoms with E-state index in [9.17, 15) is 13.6 Å². The second-order valence-corrected chi connectivity index (χ2v) is 4.93. The minimum atomic E-state index is -1.45. The van der Waals surface area contributed by atoms with E-state index in [4.69, 9.17) is 5.11 Å². The maximum absolute atomic E-state index is 14.0. The molecule has 1 aliphatic rings. The molecule has 1 fully saturated rings. The predicted octanol–water partition coefficient (Wildman–Crippen LogP) is 3.29. The van der Waals surface area contributed by atoms with Crippen LogP contribution in [0.2, 0.25) is 0 Å². The Kier molecular flexibility index (Phi) is 4.02. The second-order valence-electron chi connectivity index (χ2n) is 4.93. The molecule has 1 heterocycles. The summed E-state index contributed by atoms with van der Waals surface area (Å²) in [6.07, 6.45) is 3.05. The van der Waals surface area contributed by atoms with Gasteiger partial charge in [-0.15, -0.1) is 0 Å². The topological polar surface area (TPSA) is 40.5 Å². The van der Waals surface area contributed by atoms with E-state index in [1.807, 2.05) is 4.90 Å². The lowest BCUT2D eigenvalue weighted by atomic mass is 9.95. The molecule has 0 spiro atoms. The molecule has 104 valence electrons. The molecular weight excluding hydrogens is 252 g/mol. The van der Waals surface area contributed by atoms with Gasteiger partial charge in [-0.2, -0.15) is 0 Å². The molecule has 5 heteroatoms. The lowest BCUT2D eigenvalue weighted by Gasteiger charge is -2.34. The first-order valence-corrected chi connectivity index (χ1v) is 6.50. The van der Waals surface area contributed by atoms with Gasteiger partial charge in [0.2, 0.25) is 0 Å². The van der Waals surface area contributed by atoms with Crippen LogP contribution >= 0.6 is 0 Å². The average molecular weight is 269 g/mol. The van der Waals surface area contributed by atoms with E-state index in [2.05, 4.69) is 6.92 Å². The van der Waals surface area contributed by atoms with Gasteiger partial charge in [0.25, 0.3) is 0 Å². The molecule has 0 saturated carbocycles. The first kappa shape index (κ1) is 13.8. The third-order valence-electron chi connectivity index (χ3n) is 3.73. The number of hydrogen-bond donors (Lipinski definition) is 1. The molecule has 0 amide bonds. The summed E-state index contributed by atoms with van der Waals surface area (Å²) in [5.41, 5.74) is -0.453. The number of halogens is 2. The van der Waals surface area contributed by atoms with Crippen LogP contribution in [-0.4, -0.2) is 24.2 Å². The van der Waals surface area contributed by atoms with E-state index in [0.29, 0.717) is 19.0 Å². The number of carboxylic acids is 1. The van der Waals surface area contributed by atoms with Crippen molar-refractivity contribution in [2.24, 2.45) is 5.92 Å². The summed E-state index contributed by atoms with van der Waals surface area (Å²) in [6, 6.07) is 2.49. The van der Waals surface area contributed by atoms with Crippen LogP contribution in [0, 0.1) is 17.6 Å². The van der Waals surface area contributed by atoms with Gasteiger partial charge < -0.3 is 10.0 Å². The molecule has 0 bridgehead atoms. The molecule has 0 aliphatic carbocycles. The highest BCUT2D eigenvalue weighted by Crippen LogP contribution is 2.29. The fraction of sp³-hybridized carbons (Fsp3) is 0.500. The van der Waals surface area contributed by atoms with Gasteiger partial charge in [0.1, 0.15) is 0 Å². The normalized spacial score (nSPS) is 19.5. The van der Waals surface area contributed by atoms with Gasteiger partial charge in [-0.25, -0.2) is 13.6 Å². The predicted molar refractivity (Wildman–Crippen MR) is 68.5 cm³/mol. The third-order valence-corrected chi connectivity index (χ3v) is 3.73. The lowest BCUT2D eigenvalue weighted by molar-refractivity contribution is 0.0690. The summed E-state index contributed by atoms with van der Waals surface area (Å²) in [5, 5.41) is 8.75. The van der Waals surface area contributed by atoms with E-state index in [1.54, 1.807) is 0 Å². The zero-order valence-electron chi connectivity index (χ0n) is 10.8. The highest BCUT2D eigenvalue weighted by molar-refractivity contribution is 5.88. The van der Waals surface area contributed by atoms with Crippen molar-refractivity contribution in [2.45, 2.75) is 26.2 Å². The highest BCUT2D eigenvalue weighted by Gasteiger charge is 2.24. The van der Waals surface area contributed by atoms with Gasteiger partial charge in [-0.3, -0.25) is 0 Å². The Morgan fingerprint density at radius 3 is 2.79 bits per heavy atom. The molecule has 0 aromatic heterocycles. The molecule has 19 heavy (non-hydrogen) atoms. The number of rotatable bonds is 3. The molecule has 1 aliphatic heterocycles. The second kappa shape index (κ2) is 5.55. The molecule has 2 rings (SSSR count). The molecular formula is C14H17F2NO2. The Morgan fingerprint density at radius 1 is 1.42 bits per heavy atom.